The fraction of sp³-hybridized carbons (Fsp3) is 0.923. The van der Waals surface area contributed by atoms with Gasteiger partial charge in [0.15, 0.2) is 0 Å². The SMILES string of the molecule is NCC1CCCC1NC(=O)CCC1CCCO1. The summed E-state index contributed by atoms with van der Waals surface area (Å²) < 4.78 is 5.52. The number of carbonyl (C=O) groups is 1. The fourth-order valence-electron chi connectivity index (χ4n) is 2.95. The lowest BCUT2D eigenvalue weighted by molar-refractivity contribution is -0.122. The van der Waals surface area contributed by atoms with Crippen molar-refractivity contribution in [1.29, 1.82) is 0 Å². The largest absolute Gasteiger partial charge is 0.378 e. The third kappa shape index (κ3) is 3.68. The zero-order chi connectivity index (χ0) is 12.1. The number of ether oxygens (including phenoxy) is 1. The van der Waals surface area contributed by atoms with Crippen molar-refractivity contribution in [3.05, 3.63) is 0 Å². The van der Waals surface area contributed by atoms with Crippen LogP contribution in [0.25, 0.3) is 0 Å². The van der Waals surface area contributed by atoms with Crippen molar-refractivity contribution >= 4 is 5.91 Å². The zero-order valence-corrected chi connectivity index (χ0v) is 10.5. The summed E-state index contributed by atoms with van der Waals surface area (Å²) in [4.78, 5) is 11.8. The van der Waals surface area contributed by atoms with Crippen molar-refractivity contribution in [3.8, 4) is 0 Å². The van der Waals surface area contributed by atoms with Crippen LogP contribution in [0.15, 0.2) is 0 Å². The minimum atomic E-state index is 0.172. The third-order valence-electron chi connectivity index (χ3n) is 4.03. The minimum absolute atomic E-state index is 0.172. The predicted octanol–water partition coefficient (Wildman–Crippen LogP) is 1.19. The van der Waals surface area contributed by atoms with Gasteiger partial charge in [-0.05, 0) is 44.6 Å². The van der Waals surface area contributed by atoms with Crippen molar-refractivity contribution in [2.24, 2.45) is 11.7 Å². The maximum absolute atomic E-state index is 11.8. The molecule has 0 aromatic heterocycles. The summed E-state index contributed by atoms with van der Waals surface area (Å²) in [6.45, 7) is 1.56. The van der Waals surface area contributed by atoms with E-state index in [2.05, 4.69) is 5.32 Å². The van der Waals surface area contributed by atoms with Gasteiger partial charge >= 0.3 is 0 Å². The highest BCUT2D eigenvalue weighted by molar-refractivity contribution is 5.76. The Balaban J connectivity index is 1.65. The molecule has 1 saturated carbocycles. The van der Waals surface area contributed by atoms with Crippen LogP contribution in [0, 0.1) is 5.92 Å². The van der Waals surface area contributed by atoms with E-state index in [4.69, 9.17) is 10.5 Å². The Labute approximate surface area is 103 Å². The topological polar surface area (TPSA) is 64.3 Å². The number of hydrogen-bond acceptors (Lipinski definition) is 3. The van der Waals surface area contributed by atoms with Crippen LogP contribution in [0.4, 0.5) is 0 Å². The Morgan fingerprint density at radius 2 is 2.18 bits per heavy atom. The maximum Gasteiger partial charge on any atom is 0.220 e. The Morgan fingerprint density at radius 3 is 2.88 bits per heavy atom. The van der Waals surface area contributed by atoms with E-state index >= 15 is 0 Å². The molecule has 0 radical (unpaired) electrons. The lowest BCUT2D eigenvalue weighted by Crippen LogP contribution is -2.40. The predicted molar refractivity (Wildman–Crippen MR) is 66.5 cm³/mol. The first kappa shape index (κ1) is 12.8. The molecule has 3 unspecified atom stereocenters. The second-order valence-electron chi connectivity index (χ2n) is 5.27. The Hall–Kier alpha value is -0.610. The van der Waals surface area contributed by atoms with E-state index in [9.17, 15) is 4.79 Å². The molecule has 1 saturated heterocycles. The van der Waals surface area contributed by atoms with Gasteiger partial charge in [0.05, 0.1) is 6.10 Å². The molecule has 17 heavy (non-hydrogen) atoms. The van der Waals surface area contributed by atoms with E-state index in [0.29, 0.717) is 31.0 Å². The average Bonchev–Trinajstić information content (AvgIpc) is 2.97. The van der Waals surface area contributed by atoms with Crippen LogP contribution in [0.1, 0.15) is 44.9 Å². The average molecular weight is 240 g/mol. The van der Waals surface area contributed by atoms with E-state index in [1.165, 1.54) is 6.42 Å². The number of rotatable bonds is 5. The van der Waals surface area contributed by atoms with E-state index < -0.39 is 0 Å². The second kappa shape index (κ2) is 6.36. The lowest BCUT2D eigenvalue weighted by Gasteiger charge is -2.19. The second-order valence-corrected chi connectivity index (χ2v) is 5.27. The van der Waals surface area contributed by atoms with Crippen LogP contribution in [0.3, 0.4) is 0 Å². The van der Waals surface area contributed by atoms with E-state index in [1.54, 1.807) is 0 Å². The molecule has 0 bridgehead atoms. The summed E-state index contributed by atoms with van der Waals surface area (Å²) in [5.41, 5.74) is 5.70. The van der Waals surface area contributed by atoms with Gasteiger partial charge in [-0.25, -0.2) is 0 Å². The van der Waals surface area contributed by atoms with Gasteiger partial charge in [0.25, 0.3) is 0 Å². The van der Waals surface area contributed by atoms with Gasteiger partial charge in [0.2, 0.25) is 5.91 Å². The molecule has 4 heteroatoms. The Kier molecular flexibility index (Phi) is 4.80. The van der Waals surface area contributed by atoms with Crippen LogP contribution in [0.5, 0.6) is 0 Å². The first-order valence-electron chi connectivity index (χ1n) is 6.90. The molecule has 2 aliphatic rings. The van der Waals surface area contributed by atoms with E-state index in [1.807, 2.05) is 0 Å². The quantitative estimate of drug-likeness (QED) is 0.758. The molecule has 1 aliphatic heterocycles. The van der Waals surface area contributed by atoms with Crippen molar-refractivity contribution in [1.82, 2.24) is 5.32 Å². The molecule has 0 spiro atoms. The van der Waals surface area contributed by atoms with Crippen molar-refractivity contribution in [2.75, 3.05) is 13.2 Å². The zero-order valence-electron chi connectivity index (χ0n) is 10.5. The van der Waals surface area contributed by atoms with Crippen LogP contribution in [-0.2, 0) is 9.53 Å². The molecule has 3 atom stereocenters. The summed E-state index contributed by atoms with van der Waals surface area (Å²) in [6.07, 6.45) is 7.48. The molecule has 2 rings (SSSR count). The maximum atomic E-state index is 11.8. The summed E-state index contributed by atoms with van der Waals surface area (Å²) >= 11 is 0. The normalized spacial score (nSPS) is 32.9. The van der Waals surface area contributed by atoms with Crippen molar-refractivity contribution in [3.63, 3.8) is 0 Å². The number of carbonyl (C=O) groups excluding carboxylic acids is 1. The number of nitrogens with one attached hydrogen (secondary N) is 1. The molecular weight excluding hydrogens is 216 g/mol. The summed E-state index contributed by atoms with van der Waals surface area (Å²) in [6, 6.07) is 0.317. The molecule has 2 fully saturated rings. The molecule has 0 aromatic rings. The van der Waals surface area contributed by atoms with E-state index in [0.717, 1.165) is 38.7 Å². The van der Waals surface area contributed by atoms with Gasteiger partial charge in [-0.1, -0.05) is 6.42 Å². The number of hydrogen-bond donors (Lipinski definition) is 2. The number of nitrogens with two attached hydrogens (primary N) is 1. The molecule has 1 aliphatic carbocycles. The van der Waals surface area contributed by atoms with Crippen LogP contribution >= 0.6 is 0 Å². The van der Waals surface area contributed by atoms with Gasteiger partial charge in [-0.3, -0.25) is 4.79 Å². The smallest absolute Gasteiger partial charge is 0.220 e. The van der Waals surface area contributed by atoms with Crippen molar-refractivity contribution in [2.45, 2.75) is 57.1 Å². The Bertz CT molecular complexity index is 252. The van der Waals surface area contributed by atoms with Gasteiger partial charge in [0.1, 0.15) is 0 Å². The van der Waals surface area contributed by atoms with Gasteiger partial charge in [0, 0.05) is 19.1 Å². The first-order valence-corrected chi connectivity index (χ1v) is 6.90. The lowest BCUT2D eigenvalue weighted by atomic mass is 10.0. The summed E-state index contributed by atoms with van der Waals surface area (Å²) in [7, 11) is 0. The number of amides is 1. The standard InChI is InChI=1S/C13H24N2O2/c14-9-10-3-1-5-12(10)15-13(16)7-6-11-4-2-8-17-11/h10-12H,1-9,14H2,(H,15,16). The van der Waals surface area contributed by atoms with Crippen LogP contribution in [0.2, 0.25) is 0 Å². The van der Waals surface area contributed by atoms with Crippen molar-refractivity contribution < 1.29 is 9.53 Å². The first-order chi connectivity index (χ1) is 8.29. The molecule has 4 nitrogen and oxygen atoms in total. The molecular formula is C13H24N2O2. The highest BCUT2D eigenvalue weighted by Gasteiger charge is 2.27. The molecule has 1 amide bonds. The van der Waals surface area contributed by atoms with Crippen LogP contribution < -0.4 is 11.1 Å². The highest BCUT2D eigenvalue weighted by Crippen LogP contribution is 2.25. The van der Waals surface area contributed by atoms with Gasteiger partial charge in [-0.15, -0.1) is 0 Å². The summed E-state index contributed by atoms with van der Waals surface area (Å²) in [5.74, 6) is 0.660. The fourth-order valence-corrected chi connectivity index (χ4v) is 2.95. The summed E-state index contributed by atoms with van der Waals surface area (Å²) in [5, 5.41) is 3.13. The molecule has 1 heterocycles. The highest BCUT2D eigenvalue weighted by atomic mass is 16.5. The Morgan fingerprint density at radius 1 is 1.29 bits per heavy atom. The monoisotopic (exact) mass is 240 g/mol. The van der Waals surface area contributed by atoms with E-state index in [-0.39, 0.29) is 5.91 Å². The van der Waals surface area contributed by atoms with Crippen LogP contribution in [-0.4, -0.2) is 31.2 Å². The van der Waals surface area contributed by atoms with Gasteiger partial charge in [-0.2, -0.15) is 0 Å². The molecule has 3 N–H and O–H groups in total. The molecule has 0 aromatic carbocycles. The third-order valence-corrected chi connectivity index (χ3v) is 4.03. The minimum Gasteiger partial charge on any atom is -0.378 e. The molecule has 98 valence electrons. The van der Waals surface area contributed by atoms with Gasteiger partial charge < -0.3 is 15.8 Å².